The summed E-state index contributed by atoms with van der Waals surface area (Å²) in [4.78, 5) is 17.9. The number of thiophene rings is 1. The fourth-order valence-corrected chi connectivity index (χ4v) is 8.24. The predicted octanol–water partition coefficient (Wildman–Crippen LogP) is 12.8. The Kier molecular flexibility index (Phi) is 14.4. The third kappa shape index (κ3) is 8.54. The van der Waals surface area contributed by atoms with Gasteiger partial charge in [-0.05, 0) is 93.0 Å². The number of aliphatic hydroxyl groups excluding tert-OH is 1. The Hall–Kier alpha value is -3.11. The summed E-state index contributed by atoms with van der Waals surface area (Å²) in [5.41, 5.74) is 10.2. The number of pyridine rings is 1. The van der Waals surface area contributed by atoms with Gasteiger partial charge in [0.1, 0.15) is 0 Å². The van der Waals surface area contributed by atoms with Crippen molar-refractivity contribution in [3.05, 3.63) is 100 Å². The first-order valence-corrected chi connectivity index (χ1v) is 18.1. The summed E-state index contributed by atoms with van der Waals surface area (Å²) in [6, 6.07) is 21.3. The van der Waals surface area contributed by atoms with Gasteiger partial charge in [0.25, 0.3) is 0 Å². The maximum absolute atomic E-state index is 11.7. The Morgan fingerprint density at radius 3 is 2.06 bits per heavy atom. The standard InChI is InChI=1S/C30H28NS.C13H24O2.Ir/c1-17(2)26-16-23(15-22-9-7-8-10-25(22)26)28-30-24(11-12-31-28)21(6)29(32-30)27-19(4)13-18(3)14-20(27)5;1-5-10(6-2)12(14)9-13(15)11(7-3)8-4;/h7-14,16-17H,1-6H3;9-11,14H,5-8H2,1-4H3;/q-1;;/b;12-9-;. The first-order chi connectivity index (χ1) is 22.4. The summed E-state index contributed by atoms with van der Waals surface area (Å²) in [6.45, 7) is 21.5. The molecule has 3 nitrogen and oxygen atoms in total. The van der Waals surface area contributed by atoms with Gasteiger partial charge in [0, 0.05) is 59.5 Å². The normalized spacial score (nSPS) is 11.7. The number of ketones is 1. The molecule has 1 radical (unpaired) electrons. The quantitative estimate of drug-likeness (QED) is 0.0866. The number of allylic oxidation sites excluding steroid dienone is 2. The van der Waals surface area contributed by atoms with Crippen molar-refractivity contribution in [1.82, 2.24) is 4.98 Å². The molecule has 0 aliphatic rings. The summed E-state index contributed by atoms with van der Waals surface area (Å²) in [5.74, 6) is 0.983. The maximum atomic E-state index is 11.7. The van der Waals surface area contributed by atoms with Crippen molar-refractivity contribution in [3.8, 4) is 21.7 Å². The van der Waals surface area contributed by atoms with Crippen LogP contribution >= 0.6 is 11.3 Å². The summed E-state index contributed by atoms with van der Waals surface area (Å²) < 4.78 is 1.25. The molecule has 0 unspecified atom stereocenters. The van der Waals surface area contributed by atoms with E-state index in [2.05, 4.69) is 96.1 Å². The van der Waals surface area contributed by atoms with Crippen molar-refractivity contribution < 1.29 is 30.0 Å². The topological polar surface area (TPSA) is 50.2 Å². The average molecular weight is 839 g/mol. The van der Waals surface area contributed by atoms with E-state index >= 15 is 0 Å². The monoisotopic (exact) mass is 839 g/mol. The summed E-state index contributed by atoms with van der Waals surface area (Å²) in [6.07, 6.45) is 6.86. The van der Waals surface area contributed by atoms with Gasteiger partial charge in [0.2, 0.25) is 0 Å². The Morgan fingerprint density at radius 2 is 1.48 bits per heavy atom. The number of hydrogen-bond acceptors (Lipinski definition) is 4. The summed E-state index contributed by atoms with van der Waals surface area (Å²) >= 11 is 1.87. The van der Waals surface area contributed by atoms with Crippen LogP contribution in [0, 0.1) is 45.6 Å². The molecule has 5 heteroatoms. The van der Waals surface area contributed by atoms with E-state index in [9.17, 15) is 9.90 Å². The molecule has 257 valence electrons. The minimum atomic E-state index is 0. The van der Waals surface area contributed by atoms with Crippen molar-refractivity contribution in [2.24, 2.45) is 11.8 Å². The van der Waals surface area contributed by atoms with Crippen LogP contribution in [0.5, 0.6) is 0 Å². The van der Waals surface area contributed by atoms with Crippen LogP contribution in [0.25, 0.3) is 42.6 Å². The zero-order valence-corrected chi connectivity index (χ0v) is 33.6. The number of carbonyl (C=O) groups is 1. The first-order valence-electron chi connectivity index (χ1n) is 17.3. The van der Waals surface area contributed by atoms with E-state index in [1.165, 1.54) is 59.8 Å². The van der Waals surface area contributed by atoms with Gasteiger partial charge >= 0.3 is 0 Å². The van der Waals surface area contributed by atoms with Gasteiger partial charge in [-0.2, -0.15) is 0 Å². The molecule has 5 rings (SSSR count). The number of fused-ring (bicyclic) bond motifs is 2. The SMILES string of the molecule is CCC(CC)C(=O)/C=C(\O)C(CC)CC.Cc1cc(C)c(-c2sc3c(-c4[c-]c5ccccc5c(C(C)C)c4)nccc3c2C)c(C)c1.[Ir]. The summed E-state index contributed by atoms with van der Waals surface area (Å²) in [5, 5.41) is 13.5. The number of aliphatic hydroxyl groups is 1. The van der Waals surface area contributed by atoms with Gasteiger partial charge < -0.3 is 5.11 Å². The Bertz CT molecular complexity index is 1870. The van der Waals surface area contributed by atoms with E-state index in [1.54, 1.807) is 0 Å². The molecule has 2 aromatic heterocycles. The second-order valence-electron chi connectivity index (χ2n) is 13.2. The largest absolute Gasteiger partial charge is 0.512 e. The molecule has 3 aromatic carbocycles. The molecule has 0 saturated heterocycles. The predicted molar refractivity (Wildman–Crippen MR) is 204 cm³/mol. The Morgan fingerprint density at radius 1 is 0.875 bits per heavy atom. The zero-order valence-electron chi connectivity index (χ0n) is 30.4. The molecule has 2 heterocycles. The molecule has 0 amide bonds. The van der Waals surface area contributed by atoms with E-state index in [0.29, 0.717) is 5.92 Å². The molecule has 0 aliphatic carbocycles. The number of benzene rings is 3. The van der Waals surface area contributed by atoms with Crippen molar-refractivity contribution in [2.75, 3.05) is 0 Å². The third-order valence-electron chi connectivity index (χ3n) is 9.52. The molecule has 48 heavy (non-hydrogen) atoms. The van der Waals surface area contributed by atoms with E-state index in [0.717, 1.165) is 42.3 Å². The van der Waals surface area contributed by atoms with Gasteiger partial charge in [0.05, 0.1) is 5.76 Å². The molecule has 0 saturated carbocycles. The van der Waals surface area contributed by atoms with Crippen LogP contribution in [0.1, 0.15) is 101 Å². The van der Waals surface area contributed by atoms with Crippen molar-refractivity contribution in [3.63, 3.8) is 0 Å². The Balaban J connectivity index is 0.000000334. The van der Waals surface area contributed by atoms with E-state index < -0.39 is 0 Å². The van der Waals surface area contributed by atoms with Crippen LogP contribution in [-0.4, -0.2) is 15.9 Å². The van der Waals surface area contributed by atoms with E-state index in [4.69, 9.17) is 4.98 Å². The molecule has 1 N–H and O–H groups in total. The van der Waals surface area contributed by atoms with E-state index in [1.807, 2.05) is 45.2 Å². The van der Waals surface area contributed by atoms with Crippen LogP contribution in [-0.2, 0) is 24.9 Å². The molecule has 0 aliphatic heterocycles. The molecule has 0 spiro atoms. The first kappa shape index (κ1) is 39.3. The van der Waals surface area contributed by atoms with Crippen LogP contribution < -0.4 is 0 Å². The van der Waals surface area contributed by atoms with Gasteiger partial charge in [-0.25, -0.2) is 0 Å². The number of aromatic nitrogens is 1. The fraction of sp³-hybridized carbons (Fsp3) is 0.395. The van der Waals surface area contributed by atoms with Crippen LogP contribution in [0.15, 0.2) is 66.6 Å². The van der Waals surface area contributed by atoms with Crippen LogP contribution in [0.3, 0.4) is 0 Å². The van der Waals surface area contributed by atoms with E-state index in [-0.39, 0.29) is 43.5 Å². The van der Waals surface area contributed by atoms with Crippen LogP contribution in [0.4, 0.5) is 0 Å². The minimum Gasteiger partial charge on any atom is -0.512 e. The molecular weight excluding hydrogens is 787 g/mol. The molecular formula is C43H52IrNO2S-. The number of aryl methyl sites for hydroxylation is 4. The third-order valence-corrected chi connectivity index (χ3v) is 10.9. The second-order valence-corrected chi connectivity index (χ2v) is 14.2. The Labute approximate surface area is 306 Å². The van der Waals surface area contributed by atoms with Crippen molar-refractivity contribution in [1.29, 1.82) is 0 Å². The molecule has 0 bridgehead atoms. The second kappa shape index (κ2) is 17.5. The minimum absolute atomic E-state index is 0. The number of hydrogen-bond donors (Lipinski definition) is 1. The number of rotatable bonds is 10. The van der Waals surface area contributed by atoms with Crippen molar-refractivity contribution >= 4 is 38.0 Å². The maximum Gasteiger partial charge on any atom is 0.162 e. The van der Waals surface area contributed by atoms with Gasteiger partial charge in [-0.1, -0.05) is 88.4 Å². The molecule has 5 aromatic rings. The van der Waals surface area contributed by atoms with Crippen LogP contribution in [0.2, 0.25) is 0 Å². The van der Waals surface area contributed by atoms with Crippen molar-refractivity contribution in [2.45, 2.75) is 101 Å². The number of carbonyl (C=O) groups excluding carboxylic acids is 1. The zero-order chi connectivity index (χ0) is 34.4. The molecule has 0 atom stereocenters. The average Bonchev–Trinajstić information content (AvgIpc) is 3.37. The summed E-state index contributed by atoms with van der Waals surface area (Å²) in [7, 11) is 0. The fourth-order valence-electron chi connectivity index (χ4n) is 6.76. The number of nitrogens with zero attached hydrogens (tertiary/aromatic N) is 1. The molecule has 0 fully saturated rings. The van der Waals surface area contributed by atoms with Gasteiger partial charge in [-0.15, -0.1) is 40.5 Å². The smallest absolute Gasteiger partial charge is 0.162 e. The van der Waals surface area contributed by atoms with Gasteiger partial charge in [-0.3, -0.25) is 9.78 Å². The van der Waals surface area contributed by atoms with Gasteiger partial charge in [0.15, 0.2) is 5.78 Å².